The lowest BCUT2D eigenvalue weighted by Gasteiger charge is -2.15. The number of hydrogen-bond acceptors (Lipinski definition) is 3. The maximum atomic E-state index is 12.5. The molecule has 0 N–H and O–H groups in total. The number of rotatable bonds is 7. The topological polar surface area (TPSA) is 43.4 Å². The predicted octanol–water partition coefficient (Wildman–Crippen LogP) is 4.14. The van der Waals surface area contributed by atoms with Gasteiger partial charge in [0, 0.05) is 5.56 Å². The van der Waals surface area contributed by atoms with Gasteiger partial charge in [0.25, 0.3) is 0 Å². The molecule has 1 unspecified atom stereocenters. The normalized spacial score (nSPS) is 11.7. The Balaban J connectivity index is 2.00. The van der Waals surface area contributed by atoms with Crippen LogP contribution in [0.25, 0.3) is 0 Å². The summed E-state index contributed by atoms with van der Waals surface area (Å²) < 4.78 is 5.33. The molecule has 3 nitrogen and oxygen atoms in total. The van der Waals surface area contributed by atoms with Gasteiger partial charge in [-0.1, -0.05) is 61.9 Å². The van der Waals surface area contributed by atoms with E-state index in [1.807, 2.05) is 31.2 Å². The summed E-state index contributed by atoms with van der Waals surface area (Å²) in [6.07, 6.45) is 1.57. The van der Waals surface area contributed by atoms with E-state index >= 15 is 0 Å². The Morgan fingerprint density at radius 3 is 2.00 bits per heavy atom. The Bertz CT molecular complexity index is 605. The summed E-state index contributed by atoms with van der Waals surface area (Å²) >= 11 is 0. The predicted molar refractivity (Wildman–Crippen MR) is 85.9 cm³/mol. The summed E-state index contributed by atoms with van der Waals surface area (Å²) in [4.78, 5) is 24.5. The molecule has 2 aromatic carbocycles. The lowest BCUT2D eigenvalue weighted by Crippen LogP contribution is -2.22. The highest BCUT2D eigenvalue weighted by molar-refractivity contribution is 5.98. The molecule has 0 heterocycles. The first kappa shape index (κ1) is 16.0. The van der Waals surface area contributed by atoms with E-state index in [1.54, 1.807) is 36.4 Å². The number of benzene rings is 2. The van der Waals surface area contributed by atoms with Crippen LogP contribution in [0, 0.1) is 5.92 Å². The molecule has 0 spiro atoms. The van der Waals surface area contributed by atoms with Gasteiger partial charge in [0.2, 0.25) is 0 Å². The second-order valence-corrected chi connectivity index (χ2v) is 5.18. The van der Waals surface area contributed by atoms with Crippen LogP contribution >= 0.6 is 0 Å². The minimum absolute atomic E-state index is 0.0308. The highest BCUT2D eigenvalue weighted by Crippen LogP contribution is 2.16. The van der Waals surface area contributed by atoms with Crippen molar-refractivity contribution >= 4 is 11.8 Å². The van der Waals surface area contributed by atoms with Gasteiger partial charge >= 0.3 is 5.97 Å². The molecule has 0 amide bonds. The van der Waals surface area contributed by atoms with Gasteiger partial charge in [0.05, 0.1) is 11.5 Å². The van der Waals surface area contributed by atoms with Crippen LogP contribution in [-0.2, 0) is 4.74 Å². The first-order valence-corrected chi connectivity index (χ1v) is 7.53. The minimum atomic E-state index is -0.387. The molecule has 0 bridgehead atoms. The summed E-state index contributed by atoms with van der Waals surface area (Å²) in [7, 11) is 0. The van der Waals surface area contributed by atoms with E-state index in [1.165, 1.54) is 0 Å². The number of carbonyl (C=O) groups excluding carboxylic acids is 2. The summed E-state index contributed by atoms with van der Waals surface area (Å²) in [6.45, 7) is 2.14. The van der Waals surface area contributed by atoms with E-state index in [4.69, 9.17) is 4.74 Å². The van der Waals surface area contributed by atoms with Crippen molar-refractivity contribution in [3.8, 4) is 0 Å². The van der Waals surface area contributed by atoms with E-state index in [9.17, 15) is 9.59 Å². The standard InChI is InChI=1S/C19H20O3/c1-2-9-17(18(20)15-10-5-3-6-11-15)14-22-19(21)16-12-7-4-8-13-16/h3-8,10-13,17H,2,9,14H2,1H3. The summed E-state index contributed by atoms with van der Waals surface area (Å²) in [6, 6.07) is 18.0. The zero-order valence-electron chi connectivity index (χ0n) is 12.7. The van der Waals surface area contributed by atoms with E-state index in [2.05, 4.69) is 0 Å². The van der Waals surface area contributed by atoms with Gasteiger partial charge in [-0.3, -0.25) is 4.79 Å². The lowest BCUT2D eigenvalue weighted by molar-refractivity contribution is 0.0423. The molecule has 0 aliphatic rings. The van der Waals surface area contributed by atoms with Gasteiger partial charge < -0.3 is 4.74 Å². The number of ether oxygens (including phenoxy) is 1. The molecule has 114 valence electrons. The highest BCUT2D eigenvalue weighted by atomic mass is 16.5. The molecule has 0 saturated carbocycles. The average Bonchev–Trinajstić information content (AvgIpc) is 2.59. The van der Waals surface area contributed by atoms with Gasteiger partial charge in [-0.25, -0.2) is 4.79 Å². The monoisotopic (exact) mass is 296 g/mol. The smallest absolute Gasteiger partial charge is 0.338 e. The van der Waals surface area contributed by atoms with Crippen molar-refractivity contribution < 1.29 is 14.3 Å². The van der Waals surface area contributed by atoms with Gasteiger partial charge in [0.1, 0.15) is 6.61 Å². The van der Waals surface area contributed by atoms with Crippen LogP contribution in [0.1, 0.15) is 40.5 Å². The quantitative estimate of drug-likeness (QED) is 0.569. The summed E-state index contributed by atoms with van der Waals surface area (Å²) in [5.41, 5.74) is 1.17. The van der Waals surface area contributed by atoms with Gasteiger partial charge in [-0.2, -0.15) is 0 Å². The van der Waals surface area contributed by atoms with Crippen LogP contribution in [-0.4, -0.2) is 18.4 Å². The van der Waals surface area contributed by atoms with Crippen LogP contribution in [0.15, 0.2) is 60.7 Å². The van der Waals surface area contributed by atoms with Crippen LogP contribution in [0.3, 0.4) is 0 Å². The summed E-state index contributed by atoms with van der Waals surface area (Å²) in [5, 5.41) is 0. The Labute approximate surface area is 130 Å². The van der Waals surface area contributed by atoms with E-state index in [0.717, 1.165) is 6.42 Å². The van der Waals surface area contributed by atoms with Crippen LogP contribution in [0.4, 0.5) is 0 Å². The van der Waals surface area contributed by atoms with E-state index in [-0.39, 0.29) is 24.3 Å². The largest absolute Gasteiger partial charge is 0.461 e. The zero-order chi connectivity index (χ0) is 15.8. The first-order valence-electron chi connectivity index (χ1n) is 7.53. The maximum absolute atomic E-state index is 12.5. The molecule has 0 saturated heterocycles. The molecule has 0 fully saturated rings. The van der Waals surface area contributed by atoms with Gasteiger partial charge in [-0.15, -0.1) is 0 Å². The van der Waals surface area contributed by atoms with Crippen LogP contribution in [0.2, 0.25) is 0 Å². The molecule has 0 radical (unpaired) electrons. The van der Waals surface area contributed by atoms with Crippen molar-refractivity contribution in [2.75, 3.05) is 6.61 Å². The molecule has 22 heavy (non-hydrogen) atoms. The number of esters is 1. The van der Waals surface area contributed by atoms with Crippen molar-refractivity contribution in [3.63, 3.8) is 0 Å². The van der Waals surface area contributed by atoms with Crippen molar-refractivity contribution in [1.29, 1.82) is 0 Å². The van der Waals surface area contributed by atoms with Crippen molar-refractivity contribution in [1.82, 2.24) is 0 Å². The van der Waals surface area contributed by atoms with Crippen molar-refractivity contribution in [2.24, 2.45) is 5.92 Å². The molecule has 0 aromatic heterocycles. The van der Waals surface area contributed by atoms with E-state index < -0.39 is 0 Å². The Hall–Kier alpha value is -2.42. The fourth-order valence-electron chi connectivity index (χ4n) is 2.31. The highest BCUT2D eigenvalue weighted by Gasteiger charge is 2.21. The Kier molecular flexibility index (Phi) is 5.90. The molecule has 2 aromatic rings. The third-order valence-electron chi connectivity index (χ3n) is 3.49. The second-order valence-electron chi connectivity index (χ2n) is 5.18. The molecule has 0 aliphatic heterocycles. The van der Waals surface area contributed by atoms with Crippen molar-refractivity contribution in [3.05, 3.63) is 71.8 Å². The Morgan fingerprint density at radius 1 is 0.909 bits per heavy atom. The number of Topliss-reactive ketones (excluding diaryl/α,β-unsaturated/α-hetero) is 1. The second kappa shape index (κ2) is 8.13. The molecule has 2 rings (SSSR count). The van der Waals surface area contributed by atoms with Gasteiger partial charge in [0.15, 0.2) is 5.78 Å². The number of carbonyl (C=O) groups is 2. The van der Waals surface area contributed by atoms with Gasteiger partial charge in [-0.05, 0) is 18.6 Å². The maximum Gasteiger partial charge on any atom is 0.338 e. The lowest BCUT2D eigenvalue weighted by atomic mass is 9.94. The third kappa shape index (κ3) is 4.29. The van der Waals surface area contributed by atoms with Crippen molar-refractivity contribution in [2.45, 2.75) is 19.8 Å². The van der Waals surface area contributed by atoms with Crippen LogP contribution < -0.4 is 0 Å². The average molecular weight is 296 g/mol. The fourth-order valence-corrected chi connectivity index (χ4v) is 2.31. The van der Waals surface area contributed by atoms with E-state index in [0.29, 0.717) is 17.5 Å². The number of hydrogen-bond donors (Lipinski definition) is 0. The summed E-state index contributed by atoms with van der Waals surface area (Å²) in [5.74, 6) is -0.647. The molecule has 3 heteroatoms. The molecular formula is C19H20O3. The van der Waals surface area contributed by atoms with Crippen LogP contribution in [0.5, 0.6) is 0 Å². The fraction of sp³-hybridized carbons (Fsp3) is 0.263. The third-order valence-corrected chi connectivity index (χ3v) is 3.49. The SMILES string of the molecule is CCCC(COC(=O)c1ccccc1)C(=O)c1ccccc1. The molecule has 0 aliphatic carbocycles. The minimum Gasteiger partial charge on any atom is -0.461 e. The number of ketones is 1. The molecular weight excluding hydrogens is 276 g/mol. The zero-order valence-corrected chi connectivity index (χ0v) is 12.7. The molecule has 1 atom stereocenters. The Morgan fingerprint density at radius 2 is 1.45 bits per heavy atom. The first-order chi connectivity index (χ1) is 10.7.